The molecule has 1 saturated heterocycles. The van der Waals surface area contributed by atoms with Crippen molar-refractivity contribution < 1.29 is 17.9 Å². The van der Waals surface area contributed by atoms with Crippen molar-refractivity contribution in [1.82, 2.24) is 4.90 Å². The summed E-state index contributed by atoms with van der Waals surface area (Å²) in [5.41, 5.74) is 4.50. The van der Waals surface area contributed by atoms with Crippen molar-refractivity contribution in [3.63, 3.8) is 0 Å². The smallest absolute Gasteiger partial charge is 0.255 e. The summed E-state index contributed by atoms with van der Waals surface area (Å²) >= 11 is 0. The minimum Gasteiger partial charge on any atom is -0.490 e. The molecule has 37 heavy (non-hydrogen) atoms. The highest BCUT2D eigenvalue weighted by Gasteiger charge is 2.20. The van der Waals surface area contributed by atoms with E-state index in [1.54, 1.807) is 24.3 Å². The largest absolute Gasteiger partial charge is 0.490 e. The van der Waals surface area contributed by atoms with Gasteiger partial charge >= 0.3 is 0 Å². The lowest BCUT2D eigenvalue weighted by Gasteiger charge is -2.29. The fourth-order valence-electron chi connectivity index (χ4n) is 4.41. The standard InChI is InChI=1S/C29H35N3O4S/c1-21-5-6-22(2)28(19-21)32(37(4,34)35)20-23-7-9-24(10-8-23)29(33)30-25-11-13-26(14-12-25)36-27-15-17-31(3)18-16-27/h5-14,19,27H,15-18,20H2,1-4H3,(H,30,33). The third kappa shape index (κ3) is 7.11. The molecule has 196 valence electrons. The summed E-state index contributed by atoms with van der Waals surface area (Å²) in [5.74, 6) is 0.571. The van der Waals surface area contributed by atoms with Gasteiger partial charge in [0.15, 0.2) is 0 Å². The van der Waals surface area contributed by atoms with Crippen molar-refractivity contribution in [1.29, 1.82) is 0 Å². The number of anilines is 2. The minimum atomic E-state index is -3.50. The maximum absolute atomic E-state index is 12.8. The van der Waals surface area contributed by atoms with Crippen LogP contribution in [-0.2, 0) is 16.6 Å². The Balaban J connectivity index is 1.39. The summed E-state index contributed by atoms with van der Waals surface area (Å²) in [6.45, 7) is 6.09. The molecule has 0 aliphatic carbocycles. The van der Waals surface area contributed by atoms with Crippen LogP contribution in [0.5, 0.6) is 5.75 Å². The van der Waals surface area contributed by atoms with Gasteiger partial charge in [0, 0.05) is 24.3 Å². The molecule has 0 aromatic heterocycles. The Morgan fingerprint density at radius 3 is 2.27 bits per heavy atom. The zero-order chi connectivity index (χ0) is 26.6. The number of carbonyl (C=O) groups is 1. The highest BCUT2D eigenvalue weighted by atomic mass is 32.2. The molecule has 4 rings (SSSR count). The van der Waals surface area contributed by atoms with Crippen LogP contribution >= 0.6 is 0 Å². The van der Waals surface area contributed by atoms with Gasteiger partial charge in [-0.2, -0.15) is 0 Å². The third-order valence-electron chi connectivity index (χ3n) is 6.66. The van der Waals surface area contributed by atoms with Gasteiger partial charge in [-0.05, 0) is 92.9 Å². The van der Waals surface area contributed by atoms with Gasteiger partial charge in [-0.1, -0.05) is 24.3 Å². The van der Waals surface area contributed by atoms with Crippen LogP contribution in [0.1, 0.15) is 39.9 Å². The van der Waals surface area contributed by atoms with Gasteiger partial charge in [-0.25, -0.2) is 8.42 Å². The number of rotatable bonds is 8. The summed E-state index contributed by atoms with van der Waals surface area (Å²) in [5, 5.41) is 2.91. The second-order valence-corrected chi connectivity index (χ2v) is 11.8. The molecule has 0 radical (unpaired) electrons. The lowest BCUT2D eigenvalue weighted by molar-refractivity contribution is 0.102. The maximum Gasteiger partial charge on any atom is 0.255 e. The first-order valence-electron chi connectivity index (χ1n) is 12.5. The zero-order valence-corrected chi connectivity index (χ0v) is 22.7. The van der Waals surface area contributed by atoms with Gasteiger partial charge in [0.25, 0.3) is 5.91 Å². The molecule has 1 aliphatic heterocycles. The van der Waals surface area contributed by atoms with E-state index in [0.29, 0.717) is 16.9 Å². The monoisotopic (exact) mass is 521 g/mol. The zero-order valence-electron chi connectivity index (χ0n) is 21.9. The topological polar surface area (TPSA) is 79.0 Å². The first-order chi connectivity index (χ1) is 17.6. The van der Waals surface area contributed by atoms with Crippen molar-refractivity contribution in [2.45, 2.75) is 39.3 Å². The molecule has 0 spiro atoms. The van der Waals surface area contributed by atoms with Crippen molar-refractivity contribution in [2.75, 3.05) is 36.0 Å². The number of benzene rings is 3. The maximum atomic E-state index is 12.8. The van der Waals surface area contributed by atoms with Crippen LogP contribution in [0, 0.1) is 13.8 Å². The predicted molar refractivity (Wildman–Crippen MR) is 149 cm³/mol. The van der Waals surface area contributed by atoms with E-state index in [0.717, 1.165) is 48.4 Å². The van der Waals surface area contributed by atoms with E-state index in [-0.39, 0.29) is 18.6 Å². The van der Waals surface area contributed by atoms with Crippen LogP contribution in [0.4, 0.5) is 11.4 Å². The number of hydrogen-bond acceptors (Lipinski definition) is 5. The number of ether oxygens (including phenoxy) is 1. The summed E-state index contributed by atoms with van der Waals surface area (Å²) in [6.07, 6.45) is 3.46. The Morgan fingerprint density at radius 1 is 1.00 bits per heavy atom. The quantitative estimate of drug-likeness (QED) is 0.452. The fourth-order valence-corrected chi connectivity index (χ4v) is 5.35. The Hall–Kier alpha value is -3.36. The van der Waals surface area contributed by atoms with Crippen LogP contribution in [-0.4, -0.2) is 51.7 Å². The number of piperidine rings is 1. The lowest BCUT2D eigenvalue weighted by atomic mass is 10.1. The average Bonchev–Trinajstić information content (AvgIpc) is 2.86. The number of likely N-dealkylation sites (tertiary alicyclic amines) is 1. The first-order valence-corrected chi connectivity index (χ1v) is 14.3. The Kier molecular flexibility index (Phi) is 8.19. The summed E-state index contributed by atoms with van der Waals surface area (Å²) < 4.78 is 32.6. The molecule has 1 fully saturated rings. The molecule has 0 unspecified atom stereocenters. The Morgan fingerprint density at radius 2 is 1.65 bits per heavy atom. The molecule has 3 aromatic rings. The van der Waals surface area contributed by atoms with Crippen LogP contribution in [0.25, 0.3) is 0 Å². The van der Waals surface area contributed by atoms with Crippen LogP contribution in [0.15, 0.2) is 66.7 Å². The number of hydrogen-bond donors (Lipinski definition) is 1. The molecule has 1 heterocycles. The molecule has 0 atom stereocenters. The van der Waals surface area contributed by atoms with E-state index in [1.165, 1.54) is 10.6 Å². The van der Waals surface area contributed by atoms with Gasteiger partial charge in [0.05, 0.1) is 18.5 Å². The third-order valence-corrected chi connectivity index (χ3v) is 7.78. The molecular weight excluding hydrogens is 486 g/mol. The Bertz CT molecular complexity index is 1330. The average molecular weight is 522 g/mol. The van der Waals surface area contributed by atoms with Gasteiger partial charge < -0.3 is 15.0 Å². The molecule has 8 heteroatoms. The van der Waals surface area contributed by atoms with Gasteiger partial charge in [0.1, 0.15) is 11.9 Å². The van der Waals surface area contributed by atoms with Crippen LogP contribution in [0.3, 0.4) is 0 Å². The van der Waals surface area contributed by atoms with E-state index >= 15 is 0 Å². The molecule has 1 aliphatic rings. The van der Waals surface area contributed by atoms with Crippen molar-refractivity contribution in [3.05, 3.63) is 89.0 Å². The molecular formula is C29H35N3O4S. The second-order valence-electron chi connectivity index (χ2n) is 9.86. The summed E-state index contributed by atoms with van der Waals surface area (Å²) in [7, 11) is -1.37. The second kappa shape index (κ2) is 11.4. The number of aryl methyl sites for hydroxylation is 2. The van der Waals surface area contributed by atoms with E-state index in [1.807, 2.05) is 56.3 Å². The minimum absolute atomic E-state index is 0.184. The number of sulfonamides is 1. The highest BCUT2D eigenvalue weighted by molar-refractivity contribution is 7.92. The number of nitrogens with zero attached hydrogens (tertiary/aromatic N) is 2. The SMILES string of the molecule is Cc1ccc(C)c(N(Cc2ccc(C(=O)Nc3ccc(OC4CCN(C)CC4)cc3)cc2)S(C)(=O)=O)c1. The van der Waals surface area contributed by atoms with Crippen molar-refractivity contribution in [3.8, 4) is 5.75 Å². The molecule has 7 nitrogen and oxygen atoms in total. The van der Waals surface area contributed by atoms with Crippen LogP contribution in [0.2, 0.25) is 0 Å². The molecule has 0 bridgehead atoms. The van der Waals surface area contributed by atoms with E-state index < -0.39 is 10.0 Å². The van der Waals surface area contributed by atoms with Gasteiger partial charge in [0.2, 0.25) is 10.0 Å². The lowest BCUT2D eigenvalue weighted by Crippen LogP contribution is -2.35. The summed E-state index contributed by atoms with van der Waals surface area (Å²) in [6, 6.07) is 20.2. The van der Waals surface area contributed by atoms with Crippen molar-refractivity contribution >= 4 is 27.3 Å². The highest BCUT2D eigenvalue weighted by Crippen LogP contribution is 2.26. The van der Waals surface area contributed by atoms with Gasteiger partial charge in [-0.3, -0.25) is 9.10 Å². The molecule has 0 saturated carbocycles. The van der Waals surface area contributed by atoms with Crippen LogP contribution < -0.4 is 14.4 Å². The number of nitrogens with one attached hydrogen (secondary N) is 1. The van der Waals surface area contributed by atoms with E-state index in [9.17, 15) is 13.2 Å². The van der Waals surface area contributed by atoms with Gasteiger partial charge in [-0.15, -0.1) is 0 Å². The Labute approximate surface area is 220 Å². The van der Waals surface area contributed by atoms with E-state index in [4.69, 9.17) is 4.74 Å². The van der Waals surface area contributed by atoms with Crippen molar-refractivity contribution in [2.24, 2.45) is 0 Å². The fraction of sp³-hybridized carbons (Fsp3) is 0.345. The number of carbonyl (C=O) groups excluding carboxylic acids is 1. The normalized spacial score (nSPS) is 14.8. The van der Waals surface area contributed by atoms with E-state index in [2.05, 4.69) is 17.3 Å². The molecule has 1 N–H and O–H groups in total. The first kappa shape index (κ1) is 26.7. The number of amides is 1. The molecule has 3 aromatic carbocycles. The predicted octanol–water partition coefficient (Wildman–Crippen LogP) is 4.99. The molecule has 1 amide bonds. The summed E-state index contributed by atoms with van der Waals surface area (Å²) in [4.78, 5) is 15.1.